The van der Waals surface area contributed by atoms with Gasteiger partial charge in [0.05, 0.1) is 0 Å². The van der Waals surface area contributed by atoms with Crippen LogP contribution in [0, 0.1) is 6.92 Å². The monoisotopic (exact) mass is 274 g/mol. The van der Waals surface area contributed by atoms with E-state index in [1.54, 1.807) is 36.4 Å². The van der Waals surface area contributed by atoms with Gasteiger partial charge in [-0.1, -0.05) is 30.3 Å². The SMILES string of the molecule is Cc1cc(S)ccc1OC(C(=O)O)c1ccccc1. The minimum atomic E-state index is -1.01. The molecule has 2 aromatic rings. The lowest BCUT2D eigenvalue weighted by Crippen LogP contribution is -2.18. The number of carbonyl (C=O) groups is 1. The summed E-state index contributed by atoms with van der Waals surface area (Å²) in [5, 5.41) is 9.29. The first-order valence-corrected chi connectivity index (χ1v) is 6.26. The summed E-state index contributed by atoms with van der Waals surface area (Å²) in [6.45, 7) is 1.86. The molecule has 1 unspecified atom stereocenters. The summed E-state index contributed by atoms with van der Waals surface area (Å²) in [5.74, 6) is -0.463. The molecular formula is C15H14O3S. The Balaban J connectivity index is 2.29. The lowest BCUT2D eigenvalue weighted by atomic mass is 10.1. The van der Waals surface area contributed by atoms with E-state index in [4.69, 9.17) is 4.74 Å². The first-order chi connectivity index (χ1) is 9.08. The summed E-state index contributed by atoms with van der Waals surface area (Å²) in [6.07, 6.45) is -1.01. The van der Waals surface area contributed by atoms with Crippen molar-refractivity contribution >= 4 is 18.6 Å². The number of carboxylic acid groups (broad SMARTS) is 1. The summed E-state index contributed by atoms with van der Waals surface area (Å²) in [7, 11) is 0. The molecule has 98 valence electrons. The number of aryl methyl sites for hydroxylation is 1. The van der Waals surface area contributed by atoms with E-state index in [-0.39, 0.29) is 0 Å². The largest absolute Gasteiger partial charge is 0.478 e. The fourth-order valence-electron chi connectivity index (χ4n) is 1.78. The van der Waals surface area contributed by atoms with Crippen LogP contribution < -0.4 is 4.74 Å². The van der Waals surface area contributed by atoms with Gasteiger partial charge in [-0.15, -0.1) is 12.6 Å². The average molecular weight is 274 g/mol. The van der Waals surface area contributed by atoms with Gasteiger partial charge in [-0.05, 0) is 30.7 Å². The summed E-state index contributed by atoms with van der Waals surface area (Å²) in [5.41, 5.74) is 1.47. The van der Waals surface area contributed by atoms with Crippen LogP contribution in [0.2, 0.25) is 0 Å². The standard InChI is InChI=1S/C15H14O3S/c1-10-9-12(19)7-8-13(10)18-14(15(16)17)11-5-3-2-4-6-11/h2-9,14,19H,1H3,(H,16,17). The van der Waals surface area contributed by atoms with Crippen LogP contribution in [0.25, 0.3) is 0 Å². The average Bonchev–Trinajstić information content (AvgIpc) is 2.38. The van der Waals surface area contributed by atoms with Crippen molar-refractivity contribution in [3.8, 4) is 5.75 Å². The van der Waals surface area contributed by atoms with E-state index in [1.165, 1.54) is 0 Å². The molecule has 0 aliphatic heterocycles. The zero-order valence-electron chi connectivity index (χ0n) is 10.4. The van der Waals surface area contributed by atoms with E-state index in [0.29, 0.717) is 11.3 Å². The summed E-state index contributed by atoms with van der Waals surface area (Å²) in [6, 6.07) is 14.2. The molecule has 0 amide bonds. The highest BCUT2D eigenvalue weighted by Crippen LogP contribution is 2.27. The fourth-order valence-corrected chi connectivity index (χ4v) is 2.05. The van der Waals surface area contributed by atoms with E-state index in [2.05, 4.69) is 12.6 Å². The number of hydrogen-bond donors (Lipinski definition) is 2. The Bertz CT molecular complexity index is 581. The molecular weight excluding hydrogens is 260 g/mol. The van der Waals surface area contributed by atoms with Gasteiger partial charge in [0, 0.05) is 10.5 Å². The molecule has 0 aliphatic carbocycles. The Hall–Kier alpha value is -1.94. The van der Waals surface area contributed by atoms with Crippen molar-refractivity contribution in [2.75, 3.05) is 0 Å². The number of aliphatic carboxylic acids is 1. The van der Waals surface area contributed by atoms with Crippen molar-refractivity contribution < 1.29 is 14.6 Å². The van der Waals surface area contributed by atoms with E-state index in [9.17, 15) is 9.90 Å². The number of rotatable bonds is 4. The van der Waals surface area contributed by atoms with Crippen molar-refractivity contribution in [2.24, 2.45) is 0 Å². The molecule has 0 saturated heterocycles. The second-order valence-corrected chi connectivity index (χ2v) is 4.71. The zero-order chi connectivity index (χ0) is 13.8. The molecule has 2 aromatic carbocycles. The predicted octanol–water partition coefficient (Wildman–Crippen LogP) is 3.49. The number of hydrogen-bond acceptors (Lipinski definition) is 3. The Morgan fingerprint density at radius 3 is 2.47 bits per heavy atom. The molecule has 0 radical (unpaired) electrons. The van der Waals surface area contributed by atoms with Crippen molar-refractivity contribution in [1.82, 2.24) is 0 Å². The van der Waals surface area contributed by atoms with Gasteiger partial charge in [0.15, 0.2) is 0 Å². The Morgan fingerprint density at radius 1 is 1.21 bits per heavy atom. The van der Waals surface area contributed by atoms with Gasteiger partial charge in [0.1, 0.15) is 5.75 Å². The molecule has 0 saturated carbocycles. The molecule has 0 spiro atoms. The summed E-state index contributed by atoms with van der Waals surface area (Å²) < 4.78 is 5.61. The third-order valence-corrected chi connectivity index (χ3v) is 3.01. The third kappa shape index (κ3) is 3.29. The van der Waals surface area contributed by atoms with Crippen molar-refractivity contribution in [3.05, 3.63) is 59.7 Å². The molecule has 0 aliphatic rings. The minimum Gasteiger partial charge on any atom is -0.478 e. The van der Waals surface area contributed by atoms with Gasteiger partial charge in [-0.2, -0.15) is 0 Å². The van der Waals surface area contributed by atoms with Gasteiger partial charge in [0.2, 0.25) is 6.10 Å². The predicted molar refractivity (Wildman–Crippen MR) is 75.9 cm³/mol. The van der Waals surface area contributed by atoms with Crippen LogP contribution in [-0.2, 0) is 4.79 Å². The van der Waals surface area contributed by atoms with Crippen LogP contribution in [0.5, 0.6) is 5.75 Å². The highest BCUT2D eigenvalue weighted by atomic mass is 32.1. The summed E-state index contributed by atoms with van der Waals surface area (Å²) in [4.78, 5) is 12.2. The van der Waals surface area contributed by atoms with Gasteiger partial charge >= 0.3 is 5.97 Å². The maximum Gasteiger partial charge on any atom is 0.349 e. The molecule has 1 atom stereocenters. The molecule has 0 bridgehead atoms. The van der Waals surface area contributed by atoms with Gasteiger partial charge < -0.3 is 9.84 Å². The molecule has 3 nitrogen and oxygen atoms in total. The molecule has 4 heteroatoms. The quantitative estimate of drug-likeness (QED) is 0.839. The third-order valence-electron chi connectivity index (χ3n) is 2.73. The van der Waals surface area contributed by atoms with Crippen LogP contribution in [0.15, 0.2) is 53.4 Å². The van der Waals surface area contributed by atoms with Gasteiger partial charge in [-0.25, -0.2) is 4.79 Å². The highest BCUT2D eigenvalue weighted by molar-refractivity contribution is 7.80. The summed E-state index contributed by atoms with van der Waals surface area (Å²) >= 11 is 4.23. The lowest BCUT2D eigenvalue weighted by molar-refractivity contribution is -0.145. The molecule has 0 aromatic heterocycles. The van der Waals surface area contributed by atoms with Crippen molar-refractivity contribution in [1.29, 1.82) is 0 Å². The minimum absolute atomic E-state index is 0.550. The molecule has 1 N–H and O–H groups in total. The first-order valence-electron chi connectivity index (χ1n) is 5.82. The fraction of sp³-hybridized carbons (Fsp3) is 0.133. The second-order valence-electron chi connectivity index (χ2n) is 4.20. The van der Waals surface area contributed by atoms with Crippen molar-refractivity contribution in [3.63, 3.8) is 0 Å². The second kappa shape index (κ2) is 5.80. The molecule has 0 fully saturated rings. The zero-order valence-corrected chi connectivity index (χ0v) is 11.3. The van der Waals surface area contributed by atoms with Crippen LogP contribution in [0.3, 0.4) is 0 Å². The van der Waals surface area contributed by atoms with Crippen molar-refractivity contribution in [2.45, 2.75) is 17.9 Å². The van der Waals surface area contributed by atoms with Crippen LogP contribution in [0.4, 0.5) is 0 Å². The maximum absolute atomic E-state index is 11.3. The normalized spacial score (nSPS) is 11.9. The Labute approximate surface area is 117 Å². The number of thiol groups is 1. The Morgan fingerprint density at radius 2 is 1.89 bits per heavy atom. The molecule has 2 rings (SSSR count). The smallest absolute Gasteiger partial charge is 0.349 e. The highest BCUT2D eigenvalue weighted by Gasteiger charge is 2.22. The maximum atomic E-state index is 11.3. The number of ether oxygens (including phenoxy) is 1. The van der Waals surface area contributed by atoms with Crippen LogP contribution in [0.1, 0.15) is 17.2 Å². The van der Waals surface area contributed by atoms with Crippen LogP contribution >= 0.6 is 12.6 Å². The first kappa shape index (κ1) is 13.5. The van der Waals surface area contributed by atoms with E-state index >= 15 is 0 Å². The molecule has 19 heavy (non-hydrogen) atoms. The lowest BCUT2D eigenvalue weighted by Gasteiger charge is -2.17. The van der Waals surface area contributed by atoms with Crippen LogP contribution in [-0.4, -0.2) is 11.1 Å². The number of carboxylic acids is 1. The topological polar surface area (TPSA) is 46.5 Å². The van der Waals surface area contributed by atoms with E-state index in [0.717, 1.165) is 10.5 Å². The van der Waals surface area contributed by atoms with Gasteiger partial charge in [-0.3, -0.25) is 0 Å². The molecule has 0 heterocycles. The van der Waals surface area contributed by atoms with Gasteiger partial charge in [0.25, 0.3) is 0 Å². The van der Waals surface area contributed by atoms with E-state index < -0.39 is 12.1 Å². The Kier molecular flexibility index (Phi) is 4.12. The number of benzene rings is 2. The van der Waals surface area contributed by atoms with E-state index in [1.807, 2.05) is 19.1 Å².